The van der Waals surface area contributed by atoms with Gasteiger partial charge in [0.25, 0.3) is 0 Å². The lowest BCUT2D eigenvalue weighted by molar-refractivity contribution is -0.132. The van der Waals surface area contributed by atoms with Crippen molar-refractivity contribution in [1.82, 2.24) is 5.32 Å². The van der Waals surface area contributed by atoms with Gasteiger partial charge in [-0.2, -0.15) is 0 Å². The molecule has 20 heavy (non-hydrogen) atoms. The Hall–Kier alpha value is -0.620. The molecule has 2 rings (SSSR count). The first kappa shape index (κ1) is 15.8. The van der Waals surface area contributed by atoms with E-state index in [9.17, 15) is 13.2 Å². The van der Waals surface area contributed by atoms with Gasteiger partial charge in [0.15, 0.2) is 0 Å². The average molecular weight is 302 g/mol. The lowest BCUT2D eigenvalue weighted by Crippen LogP contribution is -2.50. The van der Waals surface area contributed by atoms with E-state index in [-0.39, 0.29) is 23.5 Å². The Morgan fingerprint density at radius 2 is 1.65 bits per heavy atom. The summed E-state index contributed by atoms with van der Waals surface area (Å²) in [6.45, 7) is 0.393. The molecule has 1 saturated heterocycles. The van der Waals surface area contributed by atoms with E-state index < -0.39 is 15.3 Å². The van der Waals surface area contributed by atoms with Crippen LogP contribution in [0.4, 0.5) is 0 Å². The number of nitrogens with two attached hydrogens (primary N) is 1. The first-order valence-corrected chi connectivity index (χ1v) is 9.51. The number of rotatable bonds is 3. The number of nitrogens with one attached hydrogen (secondary N) is 1. The highest BCUT2D eigenvalue weighted by Gasteiger charge is 2.38. The molecule has 5 nitrogen and oxygen atoms in total. The van der Waals surface area contributed by atoms with Gasteiger partial charge in [-0.3, -0.25) is 4.79 Å². The van der Waals surface area contributed by atoms with Crippen molar-refractivity contribution in [3.8, 4) is 0 Å². The summed E-state index contributed by atoms with van der Waals surface area (Å²) >= 11 is 0. The predicted octanol–water partition coefficient (Wildman–Crippen LogP) is 0.979. The molecule has 0 radical (unpaired) electrons. The van der Waals surface area contributed by atoms with Crippen molar-refractivity contribution >= 4 is 15.7 Å². The van der Waals surface area contributed by atoms with E-state index in [0.29, 0.717) is 19.4 Å². The fourth-order valence-electron chi connectivity index (χ4n) is 3.30. The van der Waals surface area contributed by atoms with Crippen molar-refractivity contribution in [3.05, 3.63) is 0 Å². The molecule has 6 heteroatoms. The largest absolute Gasteiger partial charge is 0.353 e. The van der Waals surface area contributed by atoms with Crippen LogP contribution in [-0.4, -0.2) is 38.4 Å². The van der Waals surface area contributed by atoms with Crippen LogP contribution in [0, 0.1) is 5.41 Å². The van der Waals surface area contributed by atoms with Gasteiger partial charge in [-0.05, 0) is 25.7 Å². The zero-order valence-corrected chi connectivity index (χ0v) is 12.9. The fraction of sp³-hybridized carbons (Fsp3) is 0.929. The highest BCUT2D eigenvalue weighted by Crippen LogP contribution is 2.34. The summed E-state index contributed by atoms with van der Waals surface area (Å²) in [5, 5.41) is 3.06. The minimum Gasteiger partial charge on any atom is -0.353 e. The molecule has 1 aliphatic carbocycles. The van der Waals surface area contributed by atoms with Crippen LogP contribution in [-0.2, 0) is 14.6 Å². The topological polar surface area (TPSA) is 89.3 Å². The second-order valence-corrected chi connectivity index (χ2v) is 8.60. The molecule has 0 aromatic carbocycles. The van der Waals surface area contributed by atoms with Gasteiger partial charge in [-0.15, -0.1) is 0 Å². The van der Waals surface area contributed by atoms with Crippen molar-refractivity contribution < 1.29 is 13.2 Å². The maximum atomic E-state index is 12.6. The molecule has 0 bridgehead atoms. The van der Waals surface area contributed by atoms with Gasteiger partial charge in [0, 0.05) is 12.6 Å². The summed E-state index contributed by atoms with van der Waals surface area (Å²) in [5.74, 6) is 0.424. The van der Waals surface area contributed by atoms with E-state index in [0.717, 1.165) is 25.7 Å². The van der Waals surface area contributed by atoms with Crippen LogP contribution in [0.3, 0.4) is 0 Å². The molecule has 1 heterocycles. The molecule has 1 aliphatic heterocycles. The molecule has 0 aromatic rings. The van der Waals surface area contributed by atoms with Gasteiger partial charge in [0.1, 0.15) is 9.84 Å². The van der Waals surface area contributed by atoms with Crippen LogP contribution in [0.25, 0.3) is 0 Å². The Bertz CT molecular complexity index is 425. The minimum atomic E-state index is -2.88. The normalized spacial score (nSPS) is 26.6. The van der Waals surface area contributed by atoms with E-state index in [1.165, 1.54) is 12.8 Å². The van der Waals surface area contributed by atoms with Gasteiger partial charge in [-0.25, -0.2) is 8.42 Å². The lowest BCUT2D eigenvalue weighted by Gasteiger charge is -2.33. The lowest BCUT2D eigenvalue weighted by atomic mass is 9.79. The third-order valence-electron chi connectivity index (χ3n) is 4.82. The molecule has 0 aromatic heterocycles. The number of hydrogen-bond acceptors (Lipinski definition) is 4. The van der Waals surface area contributed by atoms with Crippen LogP contribution in [0.2, 0.25) is 0 Å². The Morgan fingerprint density at radius 3 is 2.15 bits per heavy atom. The van der Waals surface area contributed by atoms with Gasteiger partial charge >= 0.3 is 0 Å². The van der Waals surface area contributed by atoms with Gasteiger partial charge in [0.05, 0.1) is 16.9 Å². The highest BCUT2D eigenvalue weighted by atomic mass is 32.2. The van der Waals surface area contributed by atoms with Crippen molar-refractivity contribution in [2.24, 2.45) is 11.1 Å². The summed E-state index contributed by atoms with van der Waals surface area (Å²) in [5.41, 5.74) is 5.48. The van der Waals surface area contributed by atoms with Crippen LogP contribution >= 0.6 is 0 Å². The van der Waals surface area contributed by atoms with Crippen molar-refractivity contribution in [2.75, 3.05) is 18.1 Å². The van der Waals surface area contributed by atoms with E-state index in [4.69, 9.17) is 5.73 Å². The second-order valence-electron chi connectivity index (χ2n) is 6.30. The second kappa shape index (κ2) is 6.43. The molecular weight excluding hydrogens is 276 g/mol. The monoisotopic (exact) mass is 302 g/mol. The first-order chi connectivity index (χ1) is 9.47. The highest BCUT2D eigenvalue weighted by molar-refractivity contribution is 7.91. The third-order valence-corrected chi connectivity index (χ3v) is 6.54. The van der Waals surface area contributed by atoms with Gasteiger partial charge in [0.2, 0.25) is 5.91 Å². The maximum absolute atomic E-state index is 12.6. The maximum Gasteiger partial charge on any atom is 0.227 e. The Morgan fingerprint density at radius 1 is 1.10 bits per heavy atom. The third kappa shape index (κ3) is 3.73. The zero-order chi connectivity index (χ0) is 14.6. The minimum absolute atomic E-state index is 0.00213. The standard InChI is InChI=1S/C14H26N2O3S/c15-11-14(7-3-1-2-4-8-14)13(17)16-12-5-9-20(18,19)10-6-12/h12H,1-11,15H2,(H,16,17). The molecule has 1 amide bonds. The Labute approximate surface area is 121 Å². The predicted molar refractivity (Wildman–Crippen MR) is 79.0 cm³/mol. The van der Waals surface area contributed by atoms with E-state index in [1.807, 2.05) is 0 Å². The Kier molecular flexibility index (Phi) is 5.07. The SMILES string of the molecule is NCC1(C(=O)NC2CCS(=O)(=O)CC2)CCCCCC1. The van der Waals surface area contributed by atoms with Gasteiger partial charge in [-0.1, -0.05) is 25.7 Å². The molecule has 2 aliphatic rings. The molecule has 0 atom stereocenters. The van der Waals surface area contributed by atoms with Crippen molar-refractivity contribution in [1.29, 1.82) is 0 Å². The average Bonchev–Trinajstić information content (AvgIpc) is 2.67. The van der Waals surface area contributed by atoms with Crippen molar-refractivity contribution in [2.45, 2.75) is 57.4 Å². The van der Waals surface area contributed by atoms with E-state index in [2.05, 4.69) is 5.32 Å². The van der Waals surface area contributed by atoms with Crippen LogP contribution in [0.5, 0.6) is 0 Å². The molecule has 0 unspecified atom stereocenters. The summed E-state index contributed by atoms with van der Waals surface area (Å²) in [6, 6.07) is -0.00213. The smallest absolute Gasteiger partial charge is 0.227 e. The molecule has 3 N–H and O–H groups in total. The number of carbonyl (C=O) groups is 1. The first-order valence-electron chi connectivity index (χ1n) is 7.69. The molecule has 0 spiro atoms. The number of carbonyl (C=O) groups excluding carboxylic acids is 1. The number of hydrogen-bond donors (Lipinski definition) is 2. The summed E-state index contributed by atoms with van der Waals surface area (Å²) in [4.78, 5) is 12.6. The van der Waals surface area contributed by atoms with Crippen LogP contribution in [0.1, 0.15) is 51.4 Å². The summed E-state index contributed by atoms with van der Waals surface area (Å²) in [6.07, 6.45) is 7.27. The van der Waals surface area contributed by atoms with Crippen LogP contribution in [0.15, 0.2) is 0 Å². The zero-order valence-electron chi connectivity index (χ0n) is 12.1. The fourth-order valence-corrected chi connectivity index (χ4v) is 4.79. The van der Waals surface area contributed by atoms with Gasteiger partial charge < -0.3 is 11.1 Å². The van der Waals surface area contributed by atoms with Crippen molar-refractivity contribution in [3.63, 3.8) is 0 Å². The number of amides is 1. The molecule has 2 fully saturated rings. The Balaban J connectivity index is 1.95. The molecule has 116 valence electrons. The summed E-state index contributed by atoms with van der Waals surface area (Å²) < 4.78 is 22.8. The molecular formula is C14H26N2O3S. The van der Waals surface area contributed by atoms with E-state index in [1.54, 1.807) is 0 Å². The van der Waals surface area contributed by atoms with E-state index >= 15 is 0 Å². The summed E-state index contributed by atoms with van der Waals surface area (Å²) in [7, 11) is -2.88. The van der Waals surface area contributed by atoms with Crippen LogP contribution < -0.4 is 11.1 Å². The quantitative estimate of drug-likeness (QED) is 0.761. The molecule has 1 saturated carbocycles. The number of sulfone groups is 1.